The first-order valence-corrected chi connectivity index (χ1v) is 4.60. The molecule has 2 atom stereocenters. The van der Waals surface area contributed by atoms with Crippen LogP contribution in [0, 0.1) is 11.8 Å². The highest BCUT2D eigenvalue weighted by atomic mass is 16.2. The van der Waals surface area contributed by atoms with Crippen molar-refractivity contribution in [2.45, 2.75) is 20.3 Å². The van der Waals surface area contributed by atoms with Gasteiger partial charge in [-0.3, -0.25) is 4.79 Å². The summed E-state index contributed by atoms with van der Waals surface area (Å²) >= 11 is 0. The summed E-state index contributed by atoms with van der Waals surface area (Å²) in [4.78, 5) is 13.0. The molecule has 0 aromatic carbocycles. The summed E-state index contributed by atoms with van der Waals surface area (Å²) in [5, 5.41) is 0. The molecule has 12 heavy (non-hydrogen) atoms. The third-order valence-electron chi connectivity index (χ3n) is 2.86. The van der Waals surface area contributed by atoms with Crippen LogP contribution in [-0.2, 0) is 4.79 Å². The number of hydrogen-bond donors (Lipinski definition) is 1. The van der Waals surface area contributed by atoms with Crippen molar-refractivity contribution in [2.75, 3.05) is 19.6 Å². The van der Waals surface area contributed by atoms with Crippen LogP contribution in [0.2, 0.25) is 0 Å². The lowest BCUT2D eigenvalue weighted by Crippen LogP contribution is -2.44. The smallest absolute Gasteiger partial charge is 0.219 e. The Hall–Kier alpha value is -0.570. The second-order valence-electron chi connectivity index (χ2n) is 3.73. The highest BCUT2D eigenvalue weighted by molar-refractivity contribution is 5.73. The number of carbonyl (C=O) groups excluding carboxylic acids is 1. The summed E-state index contributed by atoms with van der Waals surface area (Å²) in [5.74, 6) is 1.36. The first kappa shape index (κ1) is 9.52. The minimum absolute atomic E-state index is 0.181. The van der Waals surface area contributed by atoms with E-state index in [9.17, 15) is 4.79 Å². The average Bonchev–Trinajstić information content (AvgIpc) is 2.05. The van der Waals surface area contributed by atoms with Gasteiger partial charge in [0, 0.05) is 20.0 Å². The largest absolute Gasteiger partial charge is 0.343 e. The predicted octanol–water partition coefficient (Wildman–Crippen LogP) is 0.450. The fourth-order valence-electron chi connectivity index (χ4n) is 1.74. The molecule has 2 N–H and O–H groups in total. The van der Waals surface area contributed by atoms with Crippen LogP contribution >= 0.6 is 0 Å². The molecule has 0 radical (unpaired) electrons. The number of carbonyl (C=O) groups is 1. The summed E-state index contributed by atoms with van der Waals surface area (Å²) in [5.41, 5.74) is 5.62. The number of hydrogen-bond acceptors (Lipinski definition) is 2. The van der Waals surface area contributed by atoms with Crippen molar-refractivity contribution in [3.8, 4) is 0 Å². The molecule has 70 valence electrons. The first-order valence-electron chi connectivity index (χ1n) is 4.60. The fourth-order valence-corrected chi connectivity index (χ4v) is 1.74. The molecular formula is C9H18N2O. The molecule has 3 nitrogen and oxygen atoms in total. The zero-order chi connectivity index (χ0) is 9.14. The maximum atomic E-state index is 11.1. The number of amides is 1. The lowest BCUT2D eigenvalue weighted by atomic mass is 9.87. The van der Waals surface area contributed by atoms with Crippen molar-refractivity contribution >= 4 is 5.91 Å². The van der Waals surface area contributed by atoms with E-state index >= 15 is 0 Å². The topological polar surface area (TPSA) is 46.3 Å². The summed E-state index contributed by atoms with van der Waals surface area (Å²) in [6, 6.07) is 0. The lowest BCUT2D eigenvalue weighted by Gasteiger charge is -2.35. The van der Waals surface area contributed by atoms with Crippen LogP contribution < -0.4 is 5.73 Å². The lowest BCUT2D eigenvalue weighted by molar-refractivity contribution is -0.131. The molecule has 1 heterocycles. The van der Waals surface area contributed by atoms with E-state index in [-0.39, 0.29) is 5.91 Å². The molecule has 0 aromatic rings. The zero-order valence-electron chi connectivity index (χ0n) is 7.92. The van der Waals surface area contributed by atoms with Gasteiger partial charge >= 0.3 is 0 Å². The minimum atomic E-state index is 0.181. The van der Waals surface area contributed by atoms with Gasteiger partial charge < -0.3 is 10.6 Å². The molecule has 1 aliphatic heterocycles. The van der Waals surface area contributed by atoms with E-state index < -0.39 is 0 Å². The van der Waals surface area contributed by atoms with Gasteiger partial charge in [0.05, 0.1) is 0 Å². The van der Waals surface area contributed by atoms with E-state index in [4.69, 9.17) is 5.73 Å². The third kappa shape index (κ3) is 1.97. The molecule has 1 saturated heterocycles. The molecular weight excluding hydrogens is 152 g/mol. The van der Waals surface area contributed by atoms with Crippen molar-refractivity contribution in [3.05, 3.63) is 0 Å². The number of likely N-dealkylation sites (tertiary alicyclic amines) is 1. The van der Waals surface area contributed by atoms with Gasteiger partial charge in [0.25, 0.3) is 0 Å². The monoisotopic (exact) mass is 170 g/mol. The second-order valence-corrected chi connectivity index (χ2v) is 3.73. The molecule has 0 spiro atoms. The van der Waals surface area contributed by atoms with Crippen LogP contribution in [0.4, 0.5) is 0 Å². The molecule has 1 rings (SSSR count). The van der Waals surface area contributed by atoms with Crippen molar-refractivity contribution in [1.82, 2.24) is 4.90 Å². The normalized spacial score (nSPS) is 30.4. The Morgan fingerprint density at radius 3 is 2.83 bits per heavy atom. The van der Waals surface area contributed by atoms with Gasteiger partial charge in [0.2, 0.25) is 5.91 Å². The van der Waals surface area contributed by atoms with E-state index in [2.05, 4.69) is 6.92 Å². The number of rotatable bonds is 1. The van der Waals surface area contributed by atoms with Gasteiger partial charge in [-0.2, -0.15) is 0 Å². The highest BCUT2D eigenvalue weighted by Crippen LogP contribution is 2.21. The molecule has 0 bridgehead atoms. The van der Waals surface area contributed by atoms with Crippen LogP contribution in [-0.4, -0.2) is 30.4 Å². The standard InChI is InChI=1S/C9H18N2O/c1-7-3-4-11(8(2)12)6-9(7)5-10/h7,9H,3-6,10H2,1-2H3. The average molecular weight is 170 g/mol. The summed E-state index contributed by atoms with van der Waals surface area (Å²) in [6.07, 6.45) is 1.10. The Morgan fingerprint density at radius 1 is 1.67 bits per heavy atom. The van der Waals surface area contributed by atoms with Crippen LogP contribution in [0.3, 0.4) is 0 Å². The van der Waals surface area contributed by atoms with Crippen LogP contribution in [0.1, 0.15) is 20.3 Å². The van der Waals surface area contributed by atoms with Crippen molar-refractivity contribution in [3.63, 3.8) is 0 Å². The minimum Gasteiger partial charge on any atom is -0.343 e. The van der Waals surface area contributed by atoms with E-state index in [1.54, 1.807) is 6.92 Å². The molecule has 1 aliphatic rings. The van der Waals surface area contributed by atoms with Gasteiger partial charge in [-0.05, 0) is 24.8 Å². The predicted molar refractivity (Wildman–Crippen MR) is 48.6 cm³/mol. The molecule has 1 fully saturated rings. The van der Waals surface area contributed by atoms with E-state index in [0.29, 0.717) is 18.4 Å². The Morgan fingerprint density at radius 2 is 2.33 bits per heavy atom. The molecule has 2 unspecified atom stereocenters. The summed E-state index contributed by atoms with van der Waals surface area (Å²) in [7, 11) is 0. The van der Waals surface area contributed by atoms with E-state index in [1.165, 1.54) is 0 Å². The maximum absolute atomic E-state index is 11.1. The summed E-state index contributed by atoms with van der Waals surface area (Å²) in [6.45, 7) is 6.31. The Balaban J connectivity index is 2.49. The highest BCUT2D eigenvalue weighted by Gasteiger charge is 2.25. The first-order chi connectivity index (χ1) is 5.65. The number of piperidine rings is 1. The maximum Gasteiger partial charge on any atom is 0.219 e. The van der Waals surface area contributed by atoms with Crippen LogP contribution in [0.25, 0.3) is 0 Å². The van der Waals surface area contributed by atoms with Crippen molar-refractivity contribution in [2.24, 2.45) is 17.6 Å². The van der Waals surface area contributed by atoms with Crippen LogP contribution in [0.15, 0.2) is 0 Å². The van der Waals surface area contributed by atoms with Gasteiger partial charge in [0.1, 0.15) is 0 Å². The number of nitrogens with zero attached hydrogens (tertiary/aromatic N) is 1. The molecule has 0 saturated carbocycles. The quantitative estimate of drug-likeness (QED) is 0.621. The fraction of sp³-hybridized carbons (Fsp3) is 0.889. The van der Waals surface area contributed by atoms with E-state index in [1.807, 2.05) is 4.90 Å². The van der Waals surface area contributed by atoms with E-state index in [0.717, 1.165) is 19.5 Å². The number of nitrogens with two attached hydrogens (primary N) is 1. The molecule has 0 aliphatic carbocycles. The Labute approximate surface area is 73.9 Å². The SMILES string of the molecule is CC(=O)N1CCC(C)C(CN)C1. The van der Waals surface area contributed by atoms with Gasteiger partial charge in [-0.25, -0.2) is 0 Å². The van der Waals surface area contributed by atoms with Crippen molar-refractivity contribution < 1.29 is 4.79 Å². The zero-order valence-corrected chi connectivity index (χ0v) is 7.92. The van der Waals surface area contributed by atoms with Gasteiger partial charge in [0.15, 0.2) is 0 Å². The molecule has 3 heteroatoms. The van der Waals surface area contributed by atoms with Crippen LogP contribution in [0.5, 0.6) is 0 Å². The van der Waals surface area contributed by atoms with Gasteiger partial charge in [-0.15, -0.1) is 0 Å². The molecule has 1 amide bonds. The third-order valence-corrected chi connectivity index (χ3v) is 2.86. The Kier molecular flexibility index (Phi) is 3.09. The van der Waals surface area contributed by atoms with Gasteiger partial charge in [-0.1, -0.05) is 6.92 Å². The van der Waals surface area contributed by atoms with Crippen molar-refractivity contribution in [1.29, 1.82) is 0 Å². The molecule has 0 aromatic heterocycles. The second kappa shape index (κ2) is 3.90. The Bertz CT molecular complexity index is 170. The summed E-state index contributed by atoms with van der Waals surface area (Å²) < 4.78 is 0.